The lowest BCUT2D eigenvalue weighted by Crippen LogP contribution is -2.51. The molecule has 2 aromatic rings. The molecule has 29 heavy (non-hydrogen) atoms. The summed E-state index contributed by atoms with van der Waals surface area (Å²) < 4.78 is 27.0. The molecule has 6 nitrogen and oxygen atoms in total. The standard InChI is InChI=1S/C21H24F2N4O2/c1-14-4-9-18(23)19(11-14)27-10-2-3-17(13-27)26-21(29)24-12-20(28)25-16-7-5-15(22)6-8-16/h4-9,11,17H,2-3,10,12-13H2,1H3,(H,25,28)(H2,24,26,29). The number of aryl methyl sites for hydroxylation is 1. The number of hydrogen-bond acceptors (Lipinski definition) is 3. The van der Waals surface area contributed by atoms with Crippen LogP contribution >= 0.6 is 0 Å². The highest BCUT2D eigenvalue weighted by atomic mass is 19.1. The molecule has 3 N–H and O–H groups in total. The van der Waals surface area contributed by atoms with Gasteiger partial charge >= 0.3 is 6.03 Å². The van der Waals surface area contributed by atoms with Crippen LogP contribution in [0.3, 0.4) is 0 Å². The molecular weight excluding hydrogens is 378 g/mol. The average Bonchev–Trinajstić information content (AvgIpc) is 2.70. The maximum absolute atomic E-state index is 14.1. The van der Waals surface area contributed by atoms with Crippen molar-refractivity contribution in [2.24, 2.45) is 0 Å². The van der Waals surface area contributed by atoms with Gasteiger partial charge in [0.05, 0.1) is 12.2 Å². The zero-order valence-electron chi connectivity index (χ0n) is 16.2. The van der Waals surface area contributed by atoms with Gasteiger partial charge in [-0.25, -0.2) is 13.6 Å². The van der Waals surface area contributed by atoms with Crippen molar-refractivity contribution in [2.75, 3.05) is 29.9 Å². The maximum atomic E-state index is 14.1. The Hall–Kier alpha value is -3.16. The Kier molecular flexibility index (Phi) is 6.64. The van der Waals surface area contributed by atoms with Gasteiger partial charge < -0.3 is 20.9 Å². The number of hydrogen-bond donors (Lipinski definition) is 3. The zero-order chi connectivity index (χ0) is 20.8. The number of piperidine rings is 1. The summed E-state index contributed by atoms with van der Waals surface area (Å²) in [5.41, 5.74) is 1.96. The van der Waals surface area contributed by atoms with E-state index in [-0.39, 0.29) is 18.4 Å². The summed E-state index contributed by atoms with van der Waals surface area (Å²) in [6.45, 7) is 2.91. The van der Waals surface area contributed by atoms with E-state index in [9.17, 15) is 18.4 Å². The molecule has 0 spiro atoms. The Bertz CT molecular complexity index is 873. The van der Waals surface area contributed by atoms with Crippen molar-refractivity contribution in [2.45, 2.75) is 25.8 Å². The van der Waals surface area contributed by atoms with Crippen molar-refractivity contribution in [3.05, 3.63) is 59.7 Å². The number of amides is 3. The average molecular weight is 402 g/mol. The highest BCUT2D eigenvalue weighted by Crippen LogP contribution is 2.24. The lowest BCUT2D eigenvalue weighted by atomic mass is 10.0. The van der Waals surface area contributed by atoms with Crippen LogP contribution < -0.4 is 20.9 Å². The van der Waals surface area contributed by atoms with Crippen molar-refractivity contribution in [1.29, 1.82) is 0 Å². The van der Waals surface area contributed by atoms with Gasteiger partial charge in [0.15, 0.2) is 0 Å². The van der Waals surface area contributed by atoms with E-state index in [0.717, 1.165) is 24.9 Å². The molecule has 1 aliphatic heterocycles. The van der Waals surface area contributed by atoms with Gasteiger partial charge in [-0.15, -0.1) is 0 Å². The minimum atomic E-state index is -0.462. The fraction of sp³-hybridized carbons (Fsp3) is 0.333. The van der Waals surface area contributed by atoms with Crippen LogP contribution in [0.4, 0.5) is 25.0 Å². The molecule has 1 saturated heterocycles. The van der Waals surface area contributed by atoms with Crippen molar-refractivity contribution in [3.63, 3.8) is 0 Å². The number of rotatable bonds is 5. The van der Waals surface area contributed by atoms with E-state index in [1.807, 2.05) is 11.8 Å². The van der Waals surface area contributed by atoms with Crippen LogP contribution in [0.25, 0.3) is 0 Å². The van der Waals surface area contributed by atoms with Crippen LogP contribution in [0.2, 0.25) is 0 Å². The quantitative estimate of drug-likeness (QED) is 0.719. The topological polar surface area (TPSA) is 73.5 Å². The Labute approximate surface area is 168 Å². The normalized spacial score (nSPS) is 16.2. The highest BCUT2D eigenvalue weighted by Gasteiger charge is 2.23. The maximum Gasteiger partial charge on any atom is 0.315 e. The van der Waals surface area contributed by atoms with Crippen LogP contribution in [0.5, 0.6) is 0 Å². The van der Waals surface area contributed by atoms with Crippen LogP contribution in [-0.2, 0) is 4.79 Å². The van der Waals surface area contributed by atoms with Gasteiger partial charge in [0.25, 0.3) is 0 Å². The Morgan fingerprint density at radius 1 is 1.14 bits per heavy atom. The molecule has 3 rings (SSSR count). The summed E-state index contributed by atoms with van der Waals surface area (Å²) in [5, 5.41) is 7.91. The second kappa shape index (κ2) is 9.36. The molecule has 1 unspecified atom stereocenters. The van der Waals surface area contributed by atoms with Gasteiger partial charge in [-0.3, -0.25) is 4.79 Å². The molecule has 1 atom stereocenters. The lowest BCUT2D eigenvalue weighted by Gasteiger charge is -2.35. The summed E-state index contributed by atoms with van der Waals surface area (Å²) in [7, 11) is 0. The van der Waals surface area contributed by atoms with Crippen molar-refractivity contribution in [3.8, 4) is 0 Å². The minimum Gasteiger partial charge on any atom is -0.367 e. The molecule has 2 aromatic carbocycles. The molecular formula is C21H24F2N4O2. The zero-order valence-corrected chi connectivity index (χ0v) is 16.2. The van der Waals surface area contributed by atoms with Gasteiger partial charge in [0.1, 0.15) is 11.6 Å². The van der Waals surface area contributed by atoms with Crippen LogP contribution in [-0.4, -0.2) is 37.6 Å². The van der Waals surface area contributed by atoms with E-state index < -0.39 is 17.8 Å². The first-order valence-electron chi connectivity index (χ1n) is 9.51. The van der Waals surface area contributed by atoms with E-state index in [1.54, 1.807) is 12.1 Å². The molecule has 8 heteroatoms. The number of halogens is 2. The van der Waals surface area contributed by atoms with Gasteiger partial charge in [0, 0.05) is 24.8 Å². The molecule has 154 valence electrons. The van der Waals surface area contributed by atoms with Crippen molar-refractivity contribution < 1.29 is 18.4 Å². The summed E-state index contributed by atoms with van der Waals surface area (Å²) >= 11 is 0. The first kappa shape index (κ1) is 20.6. The SMILES string of the molecule is Cc1ccc(F)c(N2CCCC(NC(=O)NCC(=O)Nc3ccc(F)cc3)C2)c1. The fourth-order valence-electron chi connectivity index (χ4n) is 3.31. The summed E-state index contributed by atoms with van der Waals surface area (Å²) in [4.78, 5) is 26.0. The van der Waals surface area contributed by atoms with E-state index >= 15 is 0 Å². The largest absolute Gasteiger partial charge is 0.367 e. The molecule has 0 aromatic heterocycles. The Balaban J connectivity index is 1.46. The minimum absolute atomic E-state index is 0.149. The Morgan fingerprint density at radius 2 is 1.90 bits per heavy atom. The third-order valence-electron chi connectivity index (χ3n) is 4.74. The van der Waals surface area contributed by atoms with Crippen LogP contribution in [0, 0.1) is 18.6 Å². The van der Waals surface area contributed by atoms with Crippen molar-refractivity contribution in [1.82, 2.24) is 10.6 Å². The summed E-state index contributed by atoms with van der Waals surface area (Å²) in [6, 6.07) is 9.72. The Morgan fingerprint density at radius 3 is 2.66 bits per heavy atom. The smallest absolute Gasteiger partial charge is 0.315 e. The second-order valence-corrected chi connectivity index (χ2v) is 7.12. The van der Waals surface area contributed by atoms with E-state index in [4.69, 9.17) is 0 Å². The number of carbonyl (C=O) groups excluding carboxylic acids is 2. The second-order valence-electron chi connectivity index (χ2n) is 7.12. The summed E-state index contributed by atoms with van der Waals surface area (Å²) in [6.07, 6.45) is 1.60. The molecule has 0 aliphatic carbocycles. The molecule has 3 amide bonds. The lowest BCUT2D eigenvalue weighted by molar-refractivity contribution is -0.115. The number of nitrogens with one attached hydrogen (secondary N) is 3. The van der Waals surface area contributed by atoms with Gasteiger partial charge in [-0.2, -0.15) is 0 Å². The fourth-order valence-corrected chi connectivity index (χ4v) is 3.31. The predicted octanol–water partition coefficient (Wildman–Crippen LogP) is 3.18. The predicted molar refractivity (Wildman–Crippen MR) is 108 cm³/mol. The molecule has 1 heterocycles. The highest BCUT2D eigenvalue weighted by molar-refractivity contribution is 5.94. The number of urea groups is 1. The first-order valence-corrected chi connectivity index (χ1v) is 9.51. The number of nitrogens with zero attached hydrogens (tertiary/aromatic N) is 1. The van der Waals surface area contributed by atoms with Crippen molar-refractivity contribution >= 4 is 23.3 Å². The molecule has 0 saturated carbocycles. The third kappa shape index (κ3) is 5.91. The van der Waals surface area contributed by atoms with E-state index in [0.29, 0.717) is 17.9 Å². The molecule has 0 bridgehead atoms. The molecule has 1 aliphatic rings. The van der Waals surface area contributed by atoms with E-state index in [1.165, 1.54) is 30.3 Å². The van der Waals surface area contributed by atoms with E-state index in [2.05, 4.69) is 16.0 Å². The van der Waals surface area contributed by atoms with Gasteiger partial charge in [-0.05, 0) is 61.7 Å². The number of benzene rings is 2. The van der Waals surface area contributed by atoms with Gasteiger partial charge in [0.2, 0.25) is 5.91 Å². The molecule has 0 radical (unpaired) electrons. The van der Waals surface area contributed by atoms with Gasteiger partial charge in [-0.1, -0.05) is 6.07 Å². The first-order chi connectivity index (χ1) is 13.9. The van der Waals surface area contributed by atoms with Crippen LogP contribution in [0.1, 0.15) is 18.4 Å². The number of anilines is 2. The van der Waals surface area contributed by atoms with Crippen LogP contribution in [0.15, 0.2) is 42.5 Å². The molecule has 1 fully saturated rings. The number of carbonyl (C=O) groups is 2. The summed E-state index contributed by atoms with van der Waals surface area (Å²) in [5.74, 6) is -1.09. The monoisotopic (exact) mass is 402 g/mol. The third-order valence-corrected chi connectivity index (χ3v) is 4.74.